The normalized spacial score (nSPS) is 10.8. The van der Waals surface area contributed by atoms with Crippen LogP contribution in [0.3, 0.4) is 0 Å². The zero-order valence-electron chi connectivity index (χ0n) is 12.5. The smallest absolute Gasteiger partial charge is 0.191 e. The van der Waals surface area contributed by atoms with Crippen molar-refractivity contribution in [3.63, 3.8) is 0 Å². The summed E-state index contributed by atoms with van der Waals surface area (Å²) in [6.45, 7) is 2.70. The molecular formula is C16H17N3OS2. The van der Waals surface area contributed by atoms with Crippen molar-refractivity contribution >= 4 is 23.1 Å². The summed E-state index contributed by atoms with van der Waals surface area (Å²) in [5.41, 5.74) is 1.16. The topological polar surface area (TPSA) is 39.9 Å². The van der Waals surface area contributed by atoms with Crippen LogP contribution < -0.4 is 4.74 Å². The molecule has 0 radical (unpaired) electrons. The van der Waals surface area contributed by atoms with Gasteiger partial charge in [-0.05, 0) is 30.0 Å². The quantitative estimate of drug-likeness (QED) is 0.505. The van der Waals surface area contributed by atoms with Crippen LogP contribution in [0.15, 0.2) is 46.9 Å². The van der Waals surface area contributed by atoms with Crippen LogP contribution in [-0.4, -0.2) is 27.1 Å². The van der Waals surface area contributed by atoms with Crippen molar-refractivity contribution in [3.05, 3.63) is 47.3 Å². The minimum atomic E-state index is 0.650. The highest BCUT2D eigenvalue weighted by atomic mass is 32.2. The Kier molecular flexibility index (Phi) is 4.80. The van der Waals surface area contributed by atoms with E-state index in [1.807, 2.05) is 41.3 Å². The SMILES string of the molecule is Cc1ccccc1OCCSc1nnc(-c2cccs2)n1C. The van der Waals surface area contributed by atoms with E-state index < -0.39 is 0 Å². The van der Waals surface area contributed by atoms with Crippen molar-refractivity contribution in [2.75, 3.05) is 12.4 Å². The predicted molar refractivity (Wildman–Crippen MR) is 91.7 cm³/mol. The lowest BCUT2D eigenvalue weighted by Crippen LogP contribution is -2.02. The minimum Gasteiger partial charge on any atom is -0.492 e. The van der Waals surface area contributed by atoms with Gasteiger partial charge in [0.2, 0.25) is 0 Å². The number of aryl methyl sites for hydroxylation is 1. The minimum absolute atomic E-state index is 0.650. The van der Waals surface area contributed by atoms with Gasteiger partial charge in [0.15, 0.2) is 11.0 Å². The van der Waals surface area contributed by atoms with Gasteiger partial charge in [0, 0.05) is 12.8 Å². The van der Waals surface area contributed by atoms with E-state index >= 15 is 0 Å². The molecule has 2 heterocycles. The molecule has 0 amide bonds. The molecule has 0 saturated carbocycles. The Labute approximate surface area is 138 Å². The second-order valence-electron chi connectivity index (χ2n) is 4.80. The van der Waals surface area contributed by atoms with Crippen molar-refractivity contribution in [3.8, 4) is 16.5 Å². The molecule has 0 fully saturated rings. The molecule has 4 nitrogen and oxygen atoms in total. The number of hydrogen-bond acceptors (Lipinski definition) is 5. The lowest BCUT2D eigenvalue weighted by molar-refractivity contribution is 0.341. The first-order chi connectivity index (χ1) is 10.8. The van der Waals surface area contributed by atoms with Crippen LogP contribution in [0.2, 0.25) is 0 Å². The second kappa shape index (κ2) is 6.98. The Morgan fingerprint density at radius 3 is 2.82 bits per heavy atom. The maximum absolute atomic E-state index is 5.80. The van der Waals surface area contributed by atoms with Gasteiger partial charge in [0.05, 0.1) is 11.5 Å². The third kappa shape index (κ3) is 3.34. The number of rotatable bonds is 6. The molecule has 0 atom stereocenters. The number of ether oxygens (including phenoxy) is 1. The van der Waals surface area contributed by atoms with Crippen molar-refractivity contribution in [2.45, 2.75) is 12.1 Å². The standard InChI is InChI=1S/C16H17N3OS2/c1-12-6-3-4-7-13(12)20-9-11-22-16-18-17-15(19(16)2)14-8-5-10-21-14/h3-8,10H,9,11H2,1-2H3. The van der Waals surface area contributed by atoms with Crippen LogP contribution in [0.5, 0.6) is 5.75 Å². The summed E-state index contributed by atoms with van der Waals surface area (Å²) in [6.07, 6.45) is 0. The van der Waals surface area contributed by atoms with Crippen LogP contribution in [-0.2, 0) is 7.05 Å². The van der Waals surface area contributed by atoms with E-state index in [0.717, 1.165) is 32.9 Å². The summed E-state index contributed by atoms with van der Waals surface area (Å²) in [6, 6.07) is 12.1. The summed E-state index contributed by atoms with van der Waals surface area (Å²) < 4.78 is 7.83. The zero-order chi connectivity index (χ0) is 15.4. The Balaban J connectivity index is 1.55. The van der Waals surface area contributed by atoms with Crippen LogP contribution in [0.25, 0.3) is 10.7 Å². The summed E-state index contributed by atoms with van der Waals surface area (Å²) in [4.78, 5) is 1.14. The van der Waals surface area contributed by atoms with E-state index in [1.54, 1.807) is 23.1 Å². The Morgan fingerprint density at radius 2 is 2.05 bits per heavy atom. The second-order valence-corrected chi connectivity index (χ2v) is 6.81. The summed E-state index contributed by atoms with van der Waals surface area (Å²) in [5, 5.41) is 11.5. The molecule has 3 rings (SSSR count). The largest absolute Gasteiger partial charge is 0.492 e. The molecule has 2 aromatic heterocycles. The summed E-state index contributed by atoms with van der Waals surface area (Å²) in [5.74, 6) is 2.70. The van der Waals surface area contributed by atoms with Gasteiger partial charge >= 0.3 is 0 Å². The molecular weight excluding hydrogens is 314 g/mol. The molecule has 1 aromatic carbocycles. The van der Waals surface area contributed by atoms with E-state index in [1.165, 1.54) is 0 Å². The molecule has 3 aromatic rings. The van der Waals surface area contributed by atoms with Gasteiger partial charge < -0.3 is 9.30 Å². The highest BCUT2D eigenvalue weighted by Crippen LogP contribution is 2.26. The van der Waals surface area contributed by atoms with E-state index in [4.69, 9.17) is 4.74 Å². The molecule has 114 valence electrons. The Hall–Kier alpha value is -1.79. The lowest BCUT2D eigenvalue weighted by Gasteiger charge is -2.08. The summed E-state index contributed by atoms with van der Waals surface area (Å²) in [7, 11) is 2.00. The van der Waals surface area contributed by atoms with E-state index in [9.17, 15) is 0 Å². The first kappa shape index (κ1) is 15.1. The van der Waals surface area contributed by atoms with Crippen molar-refractivity contribution in [2.24, 2.45) is 7.05 Å². The number of para-hydroxylation sites is 1. The third-order valence-electron chi connectivity index (χ3n) is 3.24. The van der Waals surface area contributed by atoms with Gasteiger partial charge in [-0.15, -0.1) is 21.5 Å². The highest BCUT2D eigenvalue weighted by molar-refractivity contribution is 7.99. The van der Waals surface area contributed by atoms with Crippen LogP contribution in [0, 0.1) is 6.92 Å². The van der Waals surface area contributed by atoms with E-state index in [0.29, 0.717) is 6.61 Å². The first-order valence-corrected chi connectivity index (χ1v) is 8.87. The van der Waals surface area contributed by atoms with Crippen LogP contribution >= 0.6 is 23.1 Å². The number of thioether (sulfide) groups is 1. The number of benzene rings is 1. The van der Waals surface area contributed by atoms with E-state index in [-0.39, 0.29) is 0 Å². The Morgan fingerprint density at radius 1 is 1.18 bits per heavy atom. The monoisotopic (exact) mass is 331 g/mol. The number of aromatic nitrogens is 3. The fourth-order valence-electron chi connectivity index (χ4n) is 2.06. The number of hydrogen-bond donors (Lipinski definition) is 0. The van der Waals surface area contributed by atoms with Crippen molar-refractivity contribution < 1.29 is 4.74 Å². The van der Waals surface area contributed by atoms with Crippen LogP contribution in [0.4, 0.5) is 0 Å². The first-order valence-electron chi connectivity index (χ1n) is 7.00. The lowest BCUT2D eigenvalue weighted by atomic mass is 10.2. The fraction of sp³-hybridized carbons (Fsp3) is 0.250. The van der Waals surface area contributed by atoms with Gasteiger partial charge in [0.25, 0.3) is 0 Å². The predicted octanol–water partition coefficient (Wildman–Crippen LogP) is 4.02. The van der Waals surface area contributed by atoms with Crippen molar-refractivity contribution in [1.82, 2.24) is 14.8 Å². The molecule has 0 saturated heterocycles. The highest BCUT2D eigenvalue weighted by Gasteiger charge is 2.11. The summed E-state index contributed by atoms with van der Waals surface area (Å²) >= 11 is 3.33. The maximum Gasteiger partial charge on any atom is 0.191 e. The van der Waals surface area contributed by atoms with Crippen LogP contribution in [0.1, 0.15) is 5.56 Å². The van der Waals surface area contributed by atoms with Gasteiger partial charge in [-0.25, -0.2) is 0 Å². The molecule has 0 spiro atoms. The maximum atomic E-state index is 5.80. The molecule has 0 aliphatic carbocycles. The number of nitrogens with zero attached hydrogens (tertiary/aromatic N) is 3. The molecule has 0 bridgehead atoms. The number of thiophene rings is 1. The zero-order valence-corrected chi connectivity index (χ0v) is 14.2. The average Bonchev–Trinajstić information content (AvgIpc) is 3.15. The Bertz CT molecular complexity index is 738. The fourth-order valence-corrected chi connectivity index (χ4v) is 3.54. The van der Waals surface area contributed by atoms with Crippen molar-refractivity contribution in [1.29, 1.82) is 0 Å². The molecule has 22 heavy (non-hydrogen) atoms. The average molecular weight is 331 g/mol. The van der Waals surface area contributed by atoms with Gasteiger partial charge in [-0.3, -0.25) is 0 Å². The molecule has 0 aliphatic heterocycles. The molecule has 0 N–H and O–H groups in total. The third-order valence-corrected chi connectivity index (χ3v) is 5.09. The van der Waals surface area contributed by atoms with E-state index in [2.05, 4.69) is 29.3 Å². The van der Waals surface area contributed by atoms with Gasteiger partial charge in [-0.2, -0.15) is 0 Å². The van der Waals surface area contributed by atoms with Gasteiger partial charge in [0.1, 0.15) is 5.75 Å². The molecule has 0 aliphatic rings. The molecule has 0 unspecified atom stereocenters. The van der Waals surface area contributed by atoms with Gasteiger partial charge in [-0.1, -0.05) is 36.0 Å². The molecule has 6 heteroatoms.